The van der Waals surface area contributed by atoms with Crippen LogP contribution in [0.2, 0.25) is 5.15 Å². The van der Waals surface area contributed by atoms with E-state index in [2.05, 4.69) is 11.1 Å². The lowest BCUT2D eigenvalue weighted by Crippen LogP contribution is -1.98. The highest BCUT2D eigenvalue weighted by molar-refractivity contribution is 6.29. The molecule has 2 nitrogen and oxygen atoms in total. The zero-order chi connectivity index (χ0) is 8.55. The van der Waals surface area contributed by atoms with Crippen LogP contribution in [0.5, 0.6) is 0 Å². The maximum Gasteiger partial charge on any atom is 0.129 e. The Kier molecular flexibility index (Phi) is 2.03. The summed E-state index contributed by atoms with van der Waals surface area (Å²) in [6.45, 7) is 0.544. The van der Waals surface area contributed by atoms with E-state index in [4.69, 9.17) is 17.3 Å². The molecule has 2 N–H and O–H groups in total. The fourth-order valence-electron chi connectivity index (χ4n) is 1.28. The van der Waals surface area contributed by atoms with Crippen LogP contribution in [0, 0.1) is 0 Å². The molecule has 0 unspecified atom stereocenters. The molecule has 1 aromatic rings. The van der Waals surface area contributed by atoms with Gasteiger partial charge in [-0.2, -0.15) is 0 Å². The summed E-state index contributed by atoms with van der Waals surface area (Å²) in [5.74, 6) is 0.647. The van der Waals surface area contributed by atoms with Crippen molar-refractivity contribution in [1.29, 1.82) is 0 Å². The molecule has 1 aliphatic rings. The smallest absolute Gasteiger partial charge is 0.129 e. The van der Waals surface area contributed by atoms with Gasteiger partial charge in [-0.05, 0) is 30.5 Å². The second-order valence-corrected chi connectivity index (χ2v) is 3.59. The fraction of sp³-hybridized carbons (Fsp3) is 0.444. The SMILES string of the molecule is NCc1cc(Cl)nc(C2CC2)c1. The number of nitrogens with zero attached hydrogens (tertiary/aromatic N) is 1. The van der Waals surface area contributed by atoms with Gasteiger partial charge in [0, 0.05) is 18.2 Å². The first kappa shape index (κ1) is 8.02. The minimum absolute atomic E-state index is 0.544. The topological polar surface area (TPSA) is 38.9 Å². The first-order valence-electron chi connectivity index (χ1n) is 4.16. The monoisotopic (exact) mass is 182 g/mol. The molecule has 0 spiro atoms. The lowest BCUT2D eigenvalue weighted by molar-refractivity contribution is 0.982. The van der Waals surface area contributed by atoms with Gasteiger partial charge in [0.25, 0.3) is 0 Å². The molecule has 2 rings (SSSR count). The van der Waals surface area contributed by atoms with Gasteiger partial charge in [-0.3, -0.25) is 0 Å². The second kappa shape index (κ2) is 3.04. The summed E-state index contributed by atoms with van der Waals surface area (Å²) < 4.78 is 0. The van der Waals surface area contributed by atoms with E-state index < -0.39 is 0 Å². The number of rotatable bonds is 2. The van der Waals surface area contributed by atoms with E-state index in [1.54, 1.807) is 0 Å². The summed E-state index contributed by atoms with van der Waals surface area (Å²) in [6.07, 6.45) is 2.49. The number of pyridine rings is 1. The molecule has 0 atom stereocenters. The van der Waals surface area contributed by atoms with Gasteiger partial charge >= 0.3 is 0 Å². The number of nitrogens with two attached hydrogens (primary N) is 1. The molecule has 1 heterocycles. The Bertz CT molecular complexity index is 295. The predicted octanol–water partition coefficient (Wildman–Crippen LogP) is 2.07. The van der Waals surface area contributed by atoms with Crippen LogP contribution in [0.3, 0.4) is 0 Å². The molecule has 0 aliphatic heterocycles. The summed E-state index contributed by atoms with van der Waals surface area (Å²) in [6, 6.07) is 3.89. The lowest BCUT2D eigenvalue weighted by Gasteiger charge is -2.01. The minimum Gasteiger partial charge on any atom is -0.326 e. The zero-order valence-corrected chi connectivity index (χ0v) is 7.51. The Balaban J connectivity index is 2.34. The van der Waals surface area contributed by atoms with Crippen LogP contribution >= 0.6 is 11.6 Å². The summed E-state index contributed by atoms with van der Waals surface area (Å²) in [5, 5.41) is 0.569. The van der Waals surface area contributed by atoms with Crippen LogP contribution in [0.4, 0.5) is 0 Å². The molecule has 1 fully saturated rings. The summed E-state index contributed by atoms with van der Waals surface area (Å²) >= 11 is 5.83. The Labute approximate surface area is 76.7 Å². The van der Waals surface area contributed by atoms with Crippen LogP contribution < -0.4 is 5.73 Å². The van der Waals surface area contributed by atoms with Crippen LogP contribution in [-0.4, -0.2) is 4.98 Å². The van der Waals surface area contributed by atoms with Gasteiger partial charge < -0.3 is 5.73 Å². The molecule has 1 aromatic heterocycles. The third-order valence-electron chi connectivity index (χ3n) is 2.11. The van der Waals surface area contributed by atoms with Crippen molar-refractivity contribution in [3.05, 3.63) is 28.5 Å². The first-order valence-corrected chi connectivity index (χ1v) is 4.54. The average molecular weight is 183 g/mol. The van der Waals surface area contributed by atoms with E-state index in [0.717, 1.165) is 11.3 Å². The number of halogens is 1. The Hall–Kier alpha value is -0.600. The first-order chi connectivity index (χ1) is 5.79. The molecule has 0 bridgehead atoms. The highest BCUT2D eigenvalue weighted by Crippen LogP contribution is 2.39. The minimum atomic E-state index is 0.544. The highest BCUT2D eigenvalue weighted by Gasteiger charge is 2.25. The molecular formula is C9H11ClN2. The maximum absolute atomic E-state index is 5.83. The van der Waals surface area contributed by atoms with E-state index in [1.807, 2.05) is 6.07 Å². The number of hydrogen-bond acceptors (Lipinski definition) is 2. The molecule has 3 heteroatoms. The molecule has 1 saturated carbocycles. The third kappa shape index (κ3) is 1.59. The van der Waals surface area contributed by atoms with Crippen molar-refractivity contribution in [3.63, 3.8) is 0 Å². The van der Waals surface area contributed by atoms with Crippen molar-refractivity contribution in [1.82, 2.24) is 4.98 Å². The van der Waals surface area contributed by atoms with Gasteiger partial charge in [-0.25, -0.2) is 4.98 Å². The maximum atomic E-state index is 5.83. The molecule has 64 valence electrons. The number of hydrogen-bond donors (Lipinski definition) is 1. The summed E-state index contributed by atoms with van der Waals surface area (Å²) in [7, 11) is 0. The number of aromatic nitrogens is 1. The normalized spacial score (nSPS) is 16.5. The van der Waals surface area contributed by atoms with Crippen LogP contribution in [0.1, 0.15) is 30.0 Å². The Morgan fingerprint density at radius 1 is 1.50 bits per heavy atom. The van der Waals surface area contributed by atoms with Gasteiger partial charge in [0.05, 0.1) is 0 Å². The molecule has 0 radical (unpaired) electrons. The van der Waals surface area contributed by atoms with Gasteiger partial charge in [-0.1, -0.05) is 11.6 Å². The zero-order valence-electron chi connectivity index (χ0n) is 6.76. The van der Waals surface area contributed by atoms with E-state index >= 15 is 0 Å². The van der Waals surface area contributed by atoms with Crippen molar-refractivity contribution >= 4 is 11.6 Å². The van der Waals surface area contributed by atoms with Gasteiger partial charge in [0.15, 0.2) is 0 Å². The van der Waals surface area contributed by atoms with Gasteiger partial charge in [-0.15, -0.1) is 0 Å². The standard InChI is InChI=1S/C9H11ClN2/c10-9-4-6(5-11)3-8(12-9)7-1-2-7/h3-4,7H,1-2,5,11H2. The Morgan fingerprint density at radius 3 is 2.83 bits per heavy atom. The quantitative estimate of drug-likeness (QED) is 0.712. The molecule has 0 amide bonds. The highest BCUT2D eigenvalue weighted by atomic mass is 35.5. The summed E-state index contributed by atoms with van der Waals surface area (Å²) in [4.78, 5) is 4.25. The second-order valence-electron chi connectivity index (χ2n) is 3.20. The van der Waals surface area contributed by atoms with Crippen molar-refractivity contribution in [2.75, 3.05) is 0 Å². The van der Waals surface area contributed by atoms with Crippen molar-refractivity contribution in [2.24, 2.45) is 5.73 Å². The molecular weight excluding hydrogens is 172 g/mol. The fourth-order valence-corrected chi connectivity index (χ4v) is 1.52. The predicted molar refractivity (Wildman–Crippen MR) is 49.1 cm³/mol. The molecule has 12 heavy (non-hydrogen) atoms. The lowest BCUT2D eigenvalue weighted by atomic mass is 10.2. The Morgan fingerprint density at radius 2 is 2.25 bits per heavy atom. The van der Waals surface area contributed by atoms with E-state index in [-0.39, 0.29) is 0 Å². The van der Waals surface area contributed by atoms with Crippen LogP contribution in [0.15, 0.2) is 12.1 Å². The van der Waals surface area contributed by atoms with E-state index in [9.17, 15) is 0 Å². The van der Waals surface area contributed by atoms with Crippen molar-refractivity contribution in [2.45, 2.75) is 25.3 Å². The summed E-state index contributed by atoms with van der Waals surface area (Å²) in [5.41, 5.74) is 7.72. The van der Waals surface area contributed by atoms with Crippen LogP contribution in [-0.2, 0) is 6.54 Å². The van der Waals surface area contributed by atoms with E-state index in [1.165, 1.54) is 12.8 Å². The van der Waals surface area contributed by atoms with Crippen molar-refractivity contribution in [3.8, 4) is 0 Å². The van der Waals surface area contributed by atoms with E-state index in [0.29, 0.717) is 17.6 Å². The average Bonchev–Trinajstić information content (AvgIpc) is 2.85. The molecule has 0 saturated heterocycles. The van der Waals surface area contributed by atoms with Crippen LogP contribution in [0.25, 0.3) is 0 Å². The molecule has 1 aliphatic carbocycles. The largest absolute Gasteiger partial charge is 0.326 e. The third-order valence-corrected chi connectivity index (χ3v) is 2.30. The van der Waals surface area contributed by atoms with Crippen molar-refractivity contribution < 1.29 is 0 Å². The van der Waals surface area contributed by atoms with Gasteiger partial charge in [0.1, 0.15) is 5.15 Å². The van der Waals surface area contributed by atoms with Gasteiger partial charge in [0.2, 0.25) is 0 Å². The molecule has 0 aromatic carbocycles.